The molecule has 0 unspecified atom stereocenters. The molecule has 0 aliphatic rings. The third-order valence-corrected chi connectivity index (χ3v) is 1.53. The number of rotatable bonds is 6. The van der Waals surface area contributed by atoms with Crippen molar-refractivity contribution in [2.75, 3.05) is 6.54 Å². The van der Waals surface area contributed by atoms with Crippen LogP contribution in [0.2, 0.25) is 0 Å². The van der Waals surface area contributed by atoms with Gasteiger partial charge in [-0.1, -0.05) is 0 Å². The summed E-state index contributed by atoms with van der Waals surface area (Å²) in [5.74, 6) is -0.913. The van der Waals surface area contributed by atoms with E-state index in [2.05, 4.69) is 4.99 Å². The van der Waals surface area contributed by atoms with Gasteiger partial charge < -0.3 is 22.3 Å². The molecule has 0 bridgehead atoms. The van der Waals surface area contributed by atoms with Crippen LogP contribution in [0.5, 0.6) is 0 Å². The van der Waals surface area contributed by atoms with Crippen molar-refractivity contribution in [3.8, 4) is 0 Å². The Hall–Kier alpha value is -1.43. The molecule has 1 atom stereocenters. The van der Waals surface area contributed by atoms with Crippen LogP contribution in [0.4, 0.5) is 0 Å². The highest BCUT2D eigenvalue weighted by molar-refractivity contribution is 7.79. The number of nitrogens with two attached hydrogens (primary N) is 3. The molecule has 18 heavy (non-hydrogen) atoms. The molecule has 0 fully saturated rings. The summed E-state index contributed by atoms with van der Waals surface area (Å²) in [5.41, 5.74) is 15.5. The average Bonchev–Trinajstić information content (AvgIpc) is 2.13. The zero-order chi connectivity index (χ0) is 14.8. The SMILES string of the molecule is NC(N)=NCCCC[C@@H](N)C(=O)O.O=S(=O)(O)O. The van der Waals surface area contributed by atoms with Crippen molar-refractivity contribution in [1.29, 1.82) is 0 Å². The van der Waals surface area contributed by atoms with Gasteiger partial charge in [0.05, 0.1) is 0 Å². The number of unbranched alkanes of at least 4 members (excludes halogenated alkanes) is 1. The summed E-state index contributed by atoms with van der Waals surface area (Å²) in [7, 11) is -4.67. The summed E-state index contributed by atoms with van der Waals surface area (Å²) in [6.07, 6.45) is 1.92. The van der Waals surface area contributed by atoms with E-state index in [1.54, 1.807) is 0 Å². The second-order valence-electron chi connectivity index (χ2n) is 3.19. The molecule has 0 heterocycles. The molecular weight excluding hydrogens is 268 g/mol. The van der Waals surface area contributed by atoms with Crippen LogP contribution < -0.4 is 17.2 Å². The van der Waals surface area contributed by atoms with Gasteiger partial charge in [-0.05, 0) is 19.3 Å². The van der Waals surface area contributed by atoms with E-state index >= 15 is 0 Å². The van der Waals surface area contributed by atoms with Crippen LogP contribution in [-0.2, 0) is 15.2 Å². The second kappa shape index (κ2) is 9.58. The molecule has 0 amide bonds. The Balaban J connectivity index is 0. The molecule has 108 valence electrons. The first-order chi connectivity index (χ1) is 8.04. The Morgan fingerprint density at radius 2 is 1.67 bits per heavy atom. The molecule has 11 heteroatoms. The summed E-state index contributed by atoms with van der Waals surface area (Å²) in [4.78, 5) is 14.0. The minimum atomic E-state index is -4.67. The lowest BCUT2D eigenvalue weighted by Crippen LogP contribution is -2.29. The topological polar surface area (TPSA) is 202 Å². The zero-order valence-corrected chi connectivity index (χ0v) is 10.4. The number of carboxylic acids is 1. The van der Waals surface area contributed by atoms with Gasteiger partial charge in [-0.15, -0.1) is 0 Å². The van der Waals surface area contributed by atoms with Crippen molar-refractivity contribution in [2.45, 2.75) is 25.3 Å². The Morgan fingerprint density at radius 1 is 1.22 bits per heavy atom. The largest absolute Gasteiger partial charge is 0.480 e. The van der Waals surface area contributed by atoms with Gasteiger partial charge in [0.2, 0.25) is 0 Å². The first-order valence-electron chi connectivity index (χ1n) is 4.77. The second-order valence-corrected chi connectivity index (χ2v) is 4.09. The molecule has 0 aromatic rings. The molecule has 0 saturated heterocycles. The number of aliphatic imine (C=N–C) groups is 1. The average molecular weight is 286 g/mol. The monoisotopic (exact) mass is 286 g/mol. The number of nitrogens with zero attached hydrogens (tertiary/aromatic N) is 1. The van der Waals surface area contributed by atoms with Crippen LogP contribution >= 0.6 is 0 Å². The van der Waals surface area contributed by atoms with E-state index in [1.807, 2.05) is 0 Å². The van der Waals surface area contributed by atoms with Crippen LogP contribution in [0.1, 0.15) is 19.3 Å². The summed E-state index contributed by atoms with van der Waals surface area (Å²) in [6.45, 7) is 0.522. The Bertz CT molecular complexity index is 356. The lowest BCUT2D eigenvalue weighted by atomic mass is 10.1. The molecule has 0 aliphatic carbocycles. The first-order valence-corrected chi connectivity index (χ1v) is 6.17. The quantitative estimate of drug-likeness (QED) is 0.141. The molecule has 9 N–H and O–H groups in total. The maximum Gasteiger partial charge on any atom is 0.394 e. The highest BCUT2D eigenvalue weighted by atomic mass is 32.3. The van der Waals surface area contributed by atoms with Gasteiger partial charge in [0, 0.05) is 6.54 Å². The van der Waals surface area contributed by atoms with Crippen molar-refractivity contribution >= 4 is 22.3 Å². The van der Waals surface area contributed by atoms with E-state index in [0.717, 1.165) is 6.42 Å². The molecule has 0 rings (SSSR count). The number of carboxylic acid groups (broad SMARTS) is 1. The fourth-order valence-corrected chi connectivity index (χ4v) is 0.808. The third kappa shape index (κ3) is 24.0. The van der Waals surface area contributed by atoms with E-state index in [1.165, 1.54) is 0 Å². The Kier molecular flexibility index (Phi) is 10.1. The van der Waals surface area contributed by atoms with Gasteiger partial charge in [0.15, 0.2) is 5.96 Å². The van der Waals surface area contributed by atoms with E-state index in [0.29, 0.717) is 19.4 Å². The van der Waals surface area contributed by atoms with Crippen LogP contribution in [0.25, 0.3) is 0 Å². The van der Waals surface area contributed by atoms with Crippen LogP contribution in [-0.4, -0.2) is 47.1 Å². The van der Waals surface area contributed by atoms with E-state index in [-0.39, 0.29) is 5.96 Å². The van der Waals surface area contributed by atoms with Crippen molar-refractivity contribution in [1.82, 2.24) is 0 Å². The van der Waals surface area contributed by atoms with Crippen LogP contribution in [0.3, 0.4) is 0 Å². The maximum absolute atomic E-state index is 10.3. The molecule has 10 nitrogen and oxygen atoms in total. The van der Waals surface area contributed by atoms with Gasteiger partial charge >= 0.3 is 16.4 Å². The van der Waals surface area contributed by atoms with Gasteiger partial charge in [0.1, 0.15) is 6.04 Å². The summed E-state index contributed by atoms with van der Waals surface area (Å²) in [5, 5.41) is 8.43. The number of aliphatic carboxylic acids is 1. The zero-order valence-electron chi connectivity index (χ0n) is 9.56. The van der Waals surface area contributed by atoms with E-state index in [9.17, 15) is 4.79 Å². The lowest BCUT2D eigenvalue weighted by Gasteiger charge is -2.04. The number of hydrogen-bond acceptors (Lipinski definition) is 5. The summed E-state index contributed by atoms with van der Waals surface area (Å²) >= 11 is 0. The minimum absolute atomic E-state index is 0.0579. The van der Waals surface area contributed by atoms with Crippen molar-refractivity contribution in [3.05, 3.63) is 0 Å². The predicted molar refractivity (Wildman–Crippen MR) is 64.3 cm³/mol. The highest BCUT2D eigenvalue weighted by Crippen LogP contribution is 1.99. The van der Waals surface area contributed by atoms with Gasteiger partial charge in [0.25, 0.3) is 0 Å². The Labute approximate surface area is 104 Å². The van der Waals surface area contributed by atoms with Crippen LogP contribution in [0, 0.1) is 0 Å². The fourth-order valence-electron chi connectivity index (χ4n) is 0.808. The molecular formula is C7H18N4O6S. The van der Waals surface area contributed by atoms with Gasteiger partial charge in [-0.3, -0.25) is 18.9 Å². The molecule has 0 radical (unpaired) electrons. The highest BCUT2D eigenvalue weighted by Gasteiger charge is 2.09. The minimum Gasteiger partial charge on any atom is -0.480 e. The molecule has 0 aliphatic heterocycles. The normalized spacial score (nSPS) is 11.9. The standard InChI is InChI=1S/C7H16N4O2.H2O4S/c8-5(6(12)13)3-1-2-4-11-7(9)10;1-5(2,3)4/h5H,1-4,8H2,(H,12,13)(H4,9,10,11);(H2,1,2,3,4)/t5-;/m1./s1. The smallest absolute Gasteiger partial charge is 0.394 e. The maximum atomic E-state index is 10.3. The lowest BCUT2D eigenvalue weighted by molar-refractivity contribution is -0.138. The first kappa shape index (κ1) is 18.9. The third-order valence-electron chi connectivity index (χ3n) is 1.53. The van der Waals surface area contributed by atoms with Crippen molar-refractivity contribution in [3.63, 3.8) is 0 Å². The predicted octanol–water partition coefficient (Wildman–Crippen LogP) is -1.81. The summed E-state index contributed by atoms with van der Waals surface area (Å²) < 4.78 is 31.6. The van der Waals surface area contributed by atoms with Crippen molar-refractivity contribution < 1.29 is 27.4 Å². The fraction of sp³-hybridized carbons (Fsp3) is 0.714. The van der Waals surface area contributed by atoms with E-state index < -0.39 is 22.4 Å². The van der Waals surface area contributed by atoms with Gasteiger partial charge in [-0.2, -0.15) is 8.42 Å². The number of carbonyl (C=O) groups is 1. The molecule has 0 saturated carbocycles. The number of guanidine groups is 1. The summed E-state index contributed by atoms with van der Waals surface area (Å²) in [6, 6.07) is -0.779. The van der Waals surface area contributed by atoms with Crippen LogP contribution in [0.15, 0.2) is 4.99 Å². The molecule has 0 spiro atoms. The van der Waals surface area contributed by atoms with Gasteiger partial charge in [-0.25, -0.2) is 0 Å². The van der Waals surface area contributed by atoms with E-state index in [4.69, 9.17) is 39.8 Å². The molecule has 0 aromatic carbocycles. The van der Waals surface area contributed by atoms with Crippen molar-refractivity contribution in [2.24, 2.45) is 22.2 Å². The molecule has 0 aromatic heterocycles. The number of hydrogen-bond donors (Lipinski definition) is 6. The Morgan fingerprint density at radius 3 is 2.00 bits per heavy atom.